The first kappa shape index (κ1) is 9.68. The maximum atomic E-state index is 13.1. The summed E-state index contributed by atoms with van der Waals surface area (Å²) in [6, 6.07) is 4.59. The van der Waals surface area contributed by atoms with Gasteiger partial charge < -0.3 is 5.73 Å². The van der Waals surface area contributed by atoms with E-state index in [1.165, 1.54) is 6.07 Å². The van der Waals surface area contributed by atoms with Gasteiger partial charge >= 0.3 is 0 Å². The Bertz CT molecular complexity index is 426. The zero-order valence-corrected chi connectivity index (χ0v) is 9.23. The highest BCUT2D eigenvalue weighted by atomic mass is 79.9. The van der Waals surface area contributed by atoms with Crippen LogP contribution in [0.5, 0.6) is 0 Å². The van der Waals surface area contributed by atoms with Crippen LogP contribution in [0.15, 0.2) is 22.7 Å². The highest BCUT2D eigenvalue weighted by molar-refractivity contribution is 9.10. The van der Waals surface area contributed by atoms with Crippen LogP contribution < -0.4 is 5.73 Å². The Morgan fingerprint density at radius 1 is 1.36 bits per heavy atom. The zero-order valence-electron chi connectivity index (χ0n) is 6.89. The molecule has 0 spiro atoms. The van der Waals surface area contributed by atoms with Crippen molar-refractivity contribution in [3.8, 4) is 0 Å². The lowest BCUT2D eigenvalue weighted by Crippen LogP contribution is -1.91. The molecule has 2 aromatic rings. The molecule has 2 nitrogen and oxygen atoms in total. The normalized spacial score (nSPS) is 10.8. The Hall–Kier alpha value is -0.870. The fraction of sp³-hybridized carbons (Fsp3) is 0. The van der Waals surface area contributed by atoms with E-state index in [4.69, 9.17) is 17.3 Å². The first-order valence-corrected chi connectivity index (χ1v) is 4.96. The number of halogens is 3. The number of hydrogen-bond acceptors (Lipinski definition) is 2. The fourth-order valence-corrected chi connectivity index (χ4v) is 1.67. The zero-order chi connectivity index (χ0) is 10.3. The van der Waals surface area contributed by atoms with Crippen molar-refractivity contribution in [2.45, 2.75) is 0 Å². The standard InChI is InChI=1S/C9H5BrClFN2/c10-5-1-4-2-7(13)9(11)14-8(4)3-6(5)12/h1-3H,13H2. The number of benzene rings is 1. The molecule has 0 aliphatic rings. The molecule has 0 radical (unpaired) electrons. The number of nitrogens with zero attached hydrogens (tertiary/aromatic N) is 1. The summed E-state index contributed by atoms with van der Waals surface area (Å²) in [6.45, 7) is 0. The number of anilines is 1. The number of nitrogen functional groups attached to an aromatic ring is 1. The van der Waals surface area contributed by atoms with Gasteiger partial charge in [-0.05, 0) is 28.1 Å². The lowest BCUT2D eigenvalue weighted by Gasteiger charge is -2.02. The predicted molar refractivity (Wildman–Crippen MR) is 58.8 cm³/mol. The van der Waals surface area contributed by atoms with Crippen LogP contribution in [-0.4, -0.2) is 4.98 Å². The van der Waals surface area contributed by atoms with Gasteiger partial charge in [-0.3, -0.25) is 0 Å². The molecule has 0 bridgehead atoms. The highest BCUT2D eigenvalue weighted by Crippen LogP contribution is 2.26. The van der Waals surface area contributed by atoms with Crippen LogP contribution in [0.2, 0.25) is 5.15 Å². The fourth-order valence-electron chi connectivity index (χ4n) is 1.16. The second kappa shape index (κ2) is 3.37. The second-order valence-electron chi connectivity index (χ2n) is 2.83. The van der Waals surface area contributed by atoms with Gasteiger partial charge in [-0.15, -0.1) is 0 Å². The van der Waals surface area contributed by atoms with Crippen molar-refractivity contribution in [1.82, 2.24) is 4.98 Å². The first-order valence-electron chi connectivity index (χ1n) is 3.78. The molecule has 2 rings (SSSR count). The van der Waals surface area contributed by atoms with E-state index in [0.29, 0.717) is 15.7 Å². The molecule has 14 heavy (non-hydrogen) atoms. The minimum absolute atomic E-state index is 0.194. The van der Waals surface area contributed by atoms with E-state index in [-0.39, 0.29) is 11.0 Å². The van der Waals surface area contributed by atoms with Gasteiger partial charge in [0.15, 0.2) is 5.15 Å². The Balaban J connectivity index is 2.83. The van der Waals surface area contributed by atoms with Crippen molar-refractivity contribution in [3.63, 3.8) is 0 Å². The van der Waals surface area contributed by atoms with E-state index in [2.05, 4.69) is 20.9 Å². The third-order valence-electron chi connectivity index (χ3n) is 1.84. The van der Waals surface area contributed by atoms with Gasteiger partial charge in [0, 0.05) is 11.5 Å². The molecule has 0 unspecified atom stereocenters. The molecule has 0 amide bonds. The second-order valence-corrected chi connectivity index (χ2v) is 4.04. The number of aromatic nitrogens is 1. The van der Waals surface area contributed by atoms with Crippen molar-refractivity contribution >= 4 is 44.1 Å². The van der Waals surface area contributed by atoms with Crippen LogP contribution in [-0.2, 0) is 0 Å². The molecule has 0 saturated heterocycles. The molecular formula is C9H5BrClFN2. The third kappa shape index (κ3) is 1.55. The molecule has 2 N–H and O–H groups in total. The summed E-state index contributed by atoms with van der Waals surface area (Å²) >= 11 is 8.79. The van der Waals surface area contributed by atoms with E-state index >= 15 is 0 Å². The van der Waals surface area contributed by atoms with Crippen LogP contribution in [0.3, 0.4) is 0 Å². The number of fused-ring (bicyclic) bond motifs is 1. The van der Waals surface area contributed by atoms with E-state index in [9.17, 15) is 4.39 Å². The SMILES string of the molecule is Nc1cc2cc(Br)c(F)cc2nc1Cl. The Morgan fingerprint density at radius 3 is 2.79 bits per heavy atom. The molecule has 0 saturated carbocycles. The van der Waals surface area contributed by atoms with Crippen LogP contribution in [0, 0.1) is 5.82 Å². The van der Waals surface area contributed by atoms with E-state index in [1.807, 2.05) is 0 Å². The summed E-state index contributed by atoms with van der Waals surface area (Å²) < 4.78 is 13.5. The van der Waals surface area contributed by atoms with Gasteiger partial charge in [0.2, 0.25) is 0 Å². The quantitative estimate of drug-likeness (QED) is 0.749. The molecule has 0 aliphatic heterocycles. The number of hydrogen-bond donors (Lipinski definition) is 1. The number of pyridine rings is 1. The summed E-state index contributed by atoms with van der Waals surface area (Å²) in [5, 5.41) is 0.944. The molecule has 1 aromatic heterocycles. The summed E-state index contributed by atoms with van der Waals surface area (Å²) in [4.78, 5) is 3.96. The first-order chi connectivity index (χ1) is 6.58. The van der Waals surface area contributed by atoms with Gasteiger partial charge in [-0.1, -0.05) is 11.6 Å². The van der Waals surface area contributed by atoms with E-state index in [1.54, 1.807) is 12.1 Å². The van der Waals surface area contributed by atoms with Gasteiger partial charge in [0.05, 0.1) is 15.7 Å². The van der Waals surface area contributed by atoms with Gasteiger partial charge in [-0.2, -0.15) is 0 Å². The van der Waals surface area contributed by atoms with Gasteiger partial charge in [-0.25, -0.2) is 9.37 Å². The van der Waals surface area contributed by atoms with Crippen molar-refractivity contribution < 1.29 is 4.39 Å². The van der Waals surface area contributed by atoms with E-state index in [0.717, 1.165) is 5.39 Å². The minimum Gasteiger partial charge on any atom is -0.396 e. The van der Waals surface area contributed by atoms with Crippen molar-refractivity contribution in [1.29, 1.82) is 0 Å². The molecule has 5 heteroatoms. The average Bonchev–Trinajstić information content (AvgIpc) is 2.11. The molecule has 0 aliphatic carbocycles. The summed E-state index contributed by atoms with van der Waals surface area (Å²) in [6.07, 6.45) is 0. The molecule has 1 heterocycles. The van der Waals surface area contributed by atoms with E-state index < -0.39 is 0 Å². The molecular weight excluding hydrogens is 270 g/mol. The van der Waals surface area contributed by atoms with Crippen molar-refractivity contribution in [2.24, 2.45) is 0 Å². The highest BCUT2D eigenvalue weighted by Gasteiger charge is 2.05. The number of nitrogens with two attached hydrogens (primary N) is 1. The number of rotatable bonds is 0. The molecule has 0 fully saturated rings. The maximum Gasteiger partial charge on any atom is 0.152 e. The van der Waals surface area contributed by atoms with Crippen LogP contribution >= 0.6 is 27.5 Å². The third-order valence-corrected chi connectivity index (χ3v) is 2.75. The van der Waals surface area contributed by atoms with Gasteiger partial charge in [0.1, 0.15) is 5.82 Å². The van der Waals surface area contributed by atoms with Crippen LogP contribution in [0.25, 0.3) is 10.9 Å². The summed E-state index contributed by atoms with van der Waals surface area (Å²) in [5.41, 5.74) is 6.45. The van der Waals surface area contributed by atoms with Gasteiger partial charge in [0.25, 0.3) is 0 Å². The Labute approximate surface area is 93.0 Å². The lowest BCUT2D eigenvalue weighted by molar-refractivity contribution is 0.623. The summed E-state index contributed by atoms with van der Waals surface area (Å²) in [7, 11) is 0. The Kier molecular flexibility index (Phi) is 2.33. The maximum absolute atomic E-state index is 13.1. The monoisotopic (exact) mass is 274 g/mol. The lowest BCUT2D eigenvalue weighted by atomic mass is 10.2. The Morgan fingerprint density at radius 2 is 2.07 bits per heavy atom. The topological polar surface area (TPSA) is 38.9 Å². The van der Waals surface area contributed by atoms with Crippen LogP contribution in [0.4, 0.5) is 10.1 Å². The van der Waals surface area contributed by atoms with Crippen molar-refractivity contribution in [3.05, 3.63) is 33.6 Å². The largest absolute Gasteiger partial charge is 0.396 e. The smallest absolute Gasteiger partial charge is 0.152 e. The minimum atomic E-state index is -0.370. The predicted octanol–water partition coefficient (Wildman–Crippen LogP) is 3.37. The summed E-state index contributed by atoms with van der Waals surface area (Å²) in [5.74, 6) is -0.370. The molecule has 1 aromatic carbocycles. The average molecular weight is 276 g/mol. The van der Waals surface area contributed by atoms with Crippen molar-refractivity contribution in [2.75, 3.05) is 5.73 Å². The van der Waals surface area contributed by atoms with Crippen LogP contribution in [0.1, 0.15) is 0 Å². The molecule has 0 atom stereocenters. The molecule has 72 valence electrons.